The number of aryl methyl sites for hydroxylation is 1. The number of nitrogens with zero attached hydrogens (tertiary/aromatic N) is 1. The summed E-state index contributed by atoms with van der Waals surface area (Å²) in [4.78, 5) is 18.4. The van der Waals surface area contributed by atoms with Crippen molar-refractivity contribution in [2.75, 3.05) is 16.9 Å². The lowest BCUT2D eigenvalue weighted by Gasteiger charge is -2.38. The van der Waals surface area contributed by atoms with E-state index < -0.39 is 8.24 Å². The second kappa shape index (κ2) is 6.16. The first kappa shape index (κ1) is 18.5. The van der Waals surface area contributed by atoms with Crippen LogP contribution in [0.1, 0.15) is 36.7 Å². The minimum atomic E-state index is -1.73. The fraction of sp³-hybridized carbons (Fsp3) is 0.381. The average Bonchev–Trinajstić information content (AvgIpc) is 2.62. The summed E-state index contributed by atoms with van der Waals surface area (Å²) in [6, 6.07) is 11.7. The number of carbonyl (C=O) groups is 1. The number of amides is 1. The van der Waals surface area contributed by atoms with E-state index in [-0.39, 0.29) is 10.9 Å². The number of benzene rings is 2. The van der Waals surface area contributed by atoms with Gasteiger partial charge >= 0.3 is 0 Å². The van der Waals surface area contributed by atoms with Gasteiger partial charge in [0.15, 0.2) is 14.0 Å². The standard InChI is InChI=1S/C21H28N2O2Si/c1-14-8-10-17-19(12-14)25-18-11-9-15(13-16(18)20(24)23(17)5)22-26(6,7)21(2,3)4/h8-13,22H,1-7H3. The number of nitrogens with one attached hydrogen (secondary N) is 1. The van der Waals surface area contributed by atoms with Crippen LogP contribution in [0, 0.1) is 6.92 Å². The number of hydrogen-bond acceptors (Lipinski definition) is 3. The molecule has 26 heavy (non-hydrogen) atoms. The minimum Gasteiger partial charge on any atom is -0.454 e. The van der Waals surface area contributed by atoms with E-state index in [4.69, 9.17) is 4.74 Å². The van der Waals surface area contributed by atoms with Crippen molar-refractivity contribution in [3.05, 3.63) is 47.5 Å². The molecule has 3 rings (SSSR count). The Morgan fingerprint density at radius 2 is 1.73 bits per heavy atom. The molecular formula is C21H28N2O2Si. The lowest BCUT2D eigenvalue weighted by Crippen LogP contribution is -2.45. The lowest BCUT2D eigenvalue weighted by atomic mass is 10.1. The van der Waals surface area contributed by atoms with Crippen LogP contribution in [0.25, 0.3) is 0 Å². The molecule has 0 saturated carbocycles. The number of rotatable bonds is 2. The summed E-state index contributed by atoms with van der Waals surface area (Å²) in [6.45, 7) is 13.4. The first-order valence-electron chi connectivity index (χ1n) is 8.98. The molecule has 1 heterocycles. The van der Waals surface area contributed by atoms with Gasteiger partial charge in [-0.15, -0.1) is 0 Å². The van der Waals surface area contributed by atoms with Crippen molar-refractivity contribution < 1.29 is 9.53 Å². The van der Waals surface area contributed by atoms with Crippen molar-refractivity contribution in [1.29, 1.82) is 0 Å². The van der Waals surface area contributed by atoms with Gasteiger partial charge in [-0.05, 0) is 47.9 Å². The summed E-state index contributed by atoms with van der Waals surface area (Å²) < 4.78 is 6.10. The van der Waals surface area contributed by atoms with Crippen LogP contribution in [-0.2, 0) is 0 Å². The van der Waals surface area contributed by atoms with E-state index in [1.807, 2.05) is 43.3 Å². The molecule has 0 fully saturated rings. The third-order valence-corrected chi connectivity index (χ3v) is 10.2. The SMILES string of the molecule is Cc1ccc2c(c1)Oc1ccc(N[Si](C)(C)C(C)(C)C)cc1C(=O)N2C. The average molecular weight is 369 g/mol. The molecule has 0 atom stereocenters. The van der Waals surface area contributed by atoms with E-state index >= 15 is 0 Å². The molecule has 0 bridgehead atoms. The number of hydrogen-bond donors (Lipinski definition) is 1. The summed E-state index contributed by atoms with van der Waals surface area (Å²) in [5, 5.41) is 0.199. The van der Waals surface area contributed by atoms with Gasteiger partial charge < -0.3 is 14.6 Å². The molecule has 0 spiro atoms. The van der Waals surface area contributed by atoms with Gasteiger partial charge in [0.2, 0.25) is 0 Å². The fourth-order valence-corrected chi connectivity index (χ4v) is 4.05. The Balaban J connectivity index is 2.02. The molecule has 4 nitrogen and oxygen atoms in total. The van der Waals surface area contributed by atoms with Crippen LogP contribution in [0.4, 0.5) is 11.4 Å². The van der Waals surface area contributed by atoms with Gasteiger partial charge in [0.1, 0.15) is 5.75 Å². The molecular weight excluding hydrogens is 340 g/mol. The molecule has 138 valence electrons. The van der Waals surface area contributed by atoms with Crippen LogP contribution in [0.15, 0.2) is 36.4 Å². The van der Waals surface area contributed by atoms with Crippen LogP contribution < -0.4 is 14.6 Å². The summed E-state index contributed by atoms with van der Waals surface area (Å²) in [5.74, 6) is 1.26. The molecule has 0 unspecified atom stereocenters. The van der Waals surface area contributed by atoms with Crippen LogP contribution >= 0.6 is 0 Å². The monoisotopic (exact) mass is 368 g/mol. The molecule has 1 aliphatic heterocycles. The predicted molar refractivity (Wildman–Crippen MR) is 111 cm³/mol. The van der Waals surface area contributed by atoms with E-state index in [0.29, 0.717) is 17.1 Å². The second-order valence-electron chi connectivity index (χ2n) is 8.65. The molecule has 0 aliphatic carbocycles. The van der Waals surface area contributed by atoms with E-state index in [2.05, 4.69) is 38.8 Å². The van der Waals surface area contributed by atoms with Gasteiger partial charge in [0, 0.05) is 12.7 Å². The van der Waals surface area contributed by atoms with Crippen molar-refractivity contribution >= 4 is 25.5 Å². The highest BCUT2D eigenvalue weighted by atomic mass is 28.3. The fourth-order valence-electron chi connectivity index (χ4n) is 2.80. The second-order valence-corrected chi connectivity index (χ2v) is 13.6. The smallest absolute Gasteiger partial charge is 0.261 e. The number of fused-ring (bicyclic) bond motifs is 2. The molecule has 1 amide bonds. The van der Waals surface area contributed by atoms with Gasteiger partial charge in [-0.1, -0.05) is 39.9 Å². The van der Waals surface area contributed by atoms with E-state index in [9.17, 15) is 4.79 Å². The Morgan fingerprint density at radius 3 is 2.38 bits per heavy atom. The van der Waals surface area contributed by atoms with Crippen molar-refractivity contribution in [3.8, 4) is 11.5 Å². The largest absolute Gasteiger partial charge is 0.454 e. The Bertz CT molecular complexity index is 869. The zero-order valence-corrected chi connectivity index (χ0v) is 17.7. The van der Waals surface area contributed by atoms with Crippen LogP contribution in [0.3, 0.4) is 0 Å². The molecule has 0 radical (unpaired) electrons. The Labute approximate surface area is 157 Å². The summed E-state index contributed by atoms with van der Waals surface area (Å²) in [6.07, 6.45) is 0. The highest BCUT2D eigenvalue weighted by Gasteiger charge is 2.36. The number of anilines is 2. The van der Waals surface area contributed by atoms with Crippen molar-refractivity contribution in [2.24, 2.45) is 0 Å². The van der Waals surface area contributed by atoms with Gasteiger partial charge in [-0.3, -0.25) is 4.79 Å². The Kier molecular flexibility index (Phi) is 4.39. The maximum Gasteiger partial charge on any atom is 0.261 e. The van der Waals surface area contributed by atoms with Gasteiger partial charge in [-0.25, -0.2) is 0 Å². The van der Waals surface area contributed by atoms with E-state index in [1.54, 1.807) is 11.9 Å². The van der Waals surface area contributed by atoms with Gasteiger partial charge in [0.05, 0.1) is 11.3 Å². The highest BCUT2D eigenvalue weighted by molar-refractivity contribution is 6.83. The Morgan fingerprint density at radius 1 is 1.04 bits per heavy atom. The third-order valence-electron chi connectivity index (χ3n) is 5.54. The van der Waals surface area contributed by atoms with Crippen LogP contribution in [0.5, 0.6) is 11.5 Å². The number of carbonyl (C=O) groups excluding carboxylic acids is 1. The van der Waals surface area contributed by atoms with Crippen molar-refractivity contribution in [3.63, 3.8) is 0 Å². The van der Waals surface area contributed by atoms with Gasteiger partial charge in [0.25, 0.3) is 5.91 Å². The van der Waals surface area contributed by atoms with E-state index in [0.717, 1.165) is 16.9 Å². The molecule has 0 aromatic heterocycles. The van der Waals surface area contributed by atoms with Crippen LogP contribution in [0.2, 0.25) is 18.1 Å². The van der Waals surface area contributed by atoms with Gasteiger partial charge in [-0.2, -0.15) is 0 Å². The molecule has 5 heteroatoms. The van der Waals surface area contributed by atoms with Crippen molar-refractivity contribution in [2.45, 2.75) is 45.8 Å². The maximum atomic E-state index is 13.0. The third kappa shape index (κ3) is 3.23. The zero-order chi connectivity index (χ0) is 19.3. The number of ether oxygens (including phenoxy) is 1. The first-order valence-corrected chi connectivity index (χ1v) is 12.0. The highest BCUT2D eigenvalue weighted by Crippen LogP contribution is 2.41. The normalized spacial score (nSPS) is 14.3. The topological polar surface area (TPSA) is 41.6 Å². The molecule has 1 aliphatic rings. The lowest BCUT2D eigenvalue weighted by molar-refractivity contribution is 0.0993. The first-order chi connectivity index (χ1) is 12.0. The summed E-state index contributed by atoms with van der Waals surface area (Å²) >= 11 is 0. The summed E-state index contributed by atoms with van der Waals surface area (Å²) in [7, 11) is 0.0652. The van der Waals surface area contributed by atoms with Crippen molar-refractivity contribution in [1.82, 2.24) is 0 Å². The Hall–Kier alpha value is -2.27. The molecule has 2 aromatic rings. The predicted octanol–water partition coefficient (Wildman–Crippen LogP) is 5.79. The maximum absolute atomic E-state index is 13.0. The molecule has 2 aromatic carbocycles. The van der Waals surface area contributed by atoms with Crippen LogP contribution in [-0.4, -0.2) is 21.2 Å². The zero-order valence-electron chi connectivity index (χ0n) is 16.7. The summed E-state index contributed by atoms with van der Waals surface area (Å²) in [5.41, 5.74) is 3.45. The molecule has 1 N–H and O–H groups in total. The quantitative estimate of drug-likeness (QED) is 0.682. The minimum absolute atomic E-state index is 0.0542. The van der Waals surface area contributed by atoms with E-state index in [1.165, 1.54) is 0 Å². The molecule has 0 saturated heterocycles.